The molecule has 1 aromatic carbocycles. The topological polar surface area (TPSA) is 50.9 Å². The molecule has 0 spiro atoms. The van der Waals surface area contributed by atoms with Gasteiger partial charge in [0.25, 0.3) is 0 Å². The second kappa shape index (κ2) is 6.16. The number of hydrogen-bond donors (Lipinski definition) is 2. The Hall–Kier alpha value is -1.13. The molecule has 0 aliphatic carbocycles. The number of rotatable bonds is 4. The van der Waals surface area contributed by atoms with E-state index >= 15 is 0 Å². The van der Waals surface area contributed by atoms with Gasteiger partial charge in [-0.15, -0.1) is 0 Å². The molecule has 18 heavy (non-hydrogen) atoms. The molecule has 2 aromatic rings. The Morgan fingerprint density at radius 3 is 2.44 bits per heavy atom. The SMILES string of the molecule is NNC(Cc1c(Cl)cccc1Cl)c1cccnc1. The second-order valence-electron chi connectivity index (χ2n) is 3.91. The van der Waals surface area contributed by atoms with Gasteiger partial charge in [-0.2, -0.15) is 0 Å². The van der Waals surface area contributed by atoms with Crippen LogP contribution in [0.4, 0.5) is 0 Å². The number of hydrazine groups is 1. The molecule has 3 N–H and O–H groups in total. The van der Waals surface area contributed by atoms with Crippen LogP contribution in [0.25, 0.3) is 0 Å². The number of nitrogens with one attached hydrogen (secondary N) is 1. The van der Waals surface area contributed by atoms with E-state index in [1.54, 1.807) is 12.4 Å². The van der Waals surface area contributed by atoms with E-state index in [-0.39, 0.29) is 6.04 Å². The van der Waals surface area contributed by atoms with Crippen LogP contribution in [0, 0.1) is 0 Å². The van der Waals surface area contributed by atoms with Gasteiger partial charge in [0.1, 0.15) is 0 Å². The van der Waals surface area contributed by atoms with Gasteiger partial charge in [0, 0.05) is 22.4 Å². The first-order valence-corrected chi connectivity index (χ1v) is 6.27. The molecule has 5 heteroatoms. The van der Waals surface area contributed by atoms with Gasteiger partial charge in [-0.1, -0.05) is 35.3 Å². The molecule has 2 rings (SSSR count). The zero-order valence-corrected chi connectivity index (χ0v) is 11.1. The van der Waals surface area contributed by atoms with Crippen LogP contribution in [-0.4, -0.2) is 4.98 Å². The van der Waals surface area contributed by atoms with Crippen LogP contribution < -0.4 is 11.3 Å². The highest BCUT2D eigenvalue weighted by Crippen LogP contribution is 2.28. The van der Waals surface area contributed by atoms with Crippen LogP contribution in [-0.2, 0) is 6.42 Å². The second-order valence-corrected chi connectivity index (χ2v) is 4.72. The van der Waals surface area contributed by atoms with Crippen molar-refractivity contribution in [3.05, 3.63) is 63.9 Å². The van der Waals surface area contributed by atoms with Gasteiger partial charge in [0.05, 0.1) is 6.04 Å². The summed E-state index contributed by atoms with van der Waals surface area (Å²) in [6.45, 7) is 0. The number of hydrogen-bond acceptors (Lipinski definition) is 3. The van der Waals surface area contributed by atoms with E-state index in [1.807, 2.05) is 30.3 Å². The van der Waals surface area contributed by atoms with Gasteiger partial charge in [0.15, 0.2) is 0 Å². The van der Waals surface area contributed by atoms with Crippen molar-refractivity contribution in [2.75, 3.05) is 0 Å². The summed E-state index contributed by atoms with van der Waals surface area (Å²) in [6, 6.07) is 9.22. The van der Waals surface area contributed by atoms with Gasteiger partial charge in [-0.3, -0.25) is 16.3 Å². The Bertz CT molecular complexity index is 497. The molecule has 1 aromatic heterocycles. The molecule has 1 unspecified atom stereocenters. The maximum absolute atomic E-state index is 6.15. The molecular weight excluding hydrogens is 269 g/mol. The largest absolute Gasteiger partial charge is 0.271 e. The van der Waals surface area contributed by atoms with Crippen molar-refractivity contribution >= 4 is 23.2 Å². The zero-order chi connectivity index (χ0) is 13.0. The van der Waals surface area contributed by atoms with Gasteiger partial charge in [-0.25, -0.2) is 0 Å². The number of halogens is 2. The van der Waals surface area contributed by atoms with E-state index < -0.39 is 0 Å². The lowest BCUT2D eigenvalue weighted by Gasteiger charge is -2.17. The van der Waals surface area contributed by atoms with Crippen LogP contribution in [0.5, 0.6) is 0 Å². The van der Waals surface area contributed by atoms with Crippen molar-refractivity contribution < 1.29 is 0 Å². The molecule has 0 bridgehead atoms. The molecule has 1 heterocycles. The molecule has 0 aliphatic rings. The Morgan fingerprint density at radius 2 is 1.89 bits per heavy atom. The number of pyridine rings is 1. The Balaban J connectivity index is 2.26. The predicted molar refractivity (Wildman–Crippen MR) is 74.5 cm³/mol. The summed E-state index contributed by atoms with van der Waals surface area (Å²) in [5.41, 5.74) is 4.64. The number of benzene rings is 1. The van der Waals surface area contributed by atoms with E-state index in [2.05, 4.69) is 10.4 Å². The summed E-state index contributed by atoms with van der Waals surface area (Å²) in [5.74, 6) is 5.59. The van der Waals surface area contributed by atoms with Crippen molar-refractivity contribution in [1.29, 1.82) is 0 Å². The van der Waals surface area contributed by atoms with Gasteiger partial charge in [0.2, 0.25) is 0 Å². The van der Waals surface area contributed by atoms with Crippen molar-refractivity contribution in [1.82, 2.24) is 10.4 Å². The van der Waals surface area contributed by atoms with Crippen LogP contribution in [0.2, 0.25) is 10.0 Å². The van der Waals surface area contributed by atoms with E-state index in [0.717, 1.165) is 11.1 Å². The molecule has 0 aliphatic heterocycles. The first-order valence-electron chi connectivity index (χ1n) is 5.51. The summed E-state index contributed by atoms with van der Waals surface area (Å²) >= 11 is 12.3. The monoisotopic (exact) mass is 281 g/mol. The third-order valence-electron chi connectivity index (χ3n) is 2.76. The molecule has 0 radical (unpaired) electrons. The number of nitrogens with zero attached hydrogens (tertiary/aromatic N) is 1. The standard InChI is InChI=1S/C13H13Cl2N3/c14-11-4-1-5-12(15)10(11)7-13(18-16)9-3-2-6-17-8-9/h1-6,8,13,18H,7,16H2. The maximum Gasteiger partial charge on any atom is 0.0516 e. The van der Waals surface area contributed by atoms with Gasteiger partial charge >= 0.3 is 0 Å². The quantitative estimate of drug-likeness (QED) is 0.669. The molecule has 1 atom stereocenters. The molecular formula is C13H13Cl2N3. The highest BCUT2D eigenvalue weighted by Gasteiger charge is 2.14. The zero-order valence-electron chi connectivity index (χ0n) is 9.61. The summed E-state index contributed by atoms with van der Waals surface area (Å²) < 4.78 is 0. The van der Waals surface area contributed by atoms with Crippen LogP contribution in [0.1, 0.15) is 17.2 Å². The summed E-state index contributed by atoms with van der Waals surface area (Å²) in [5, 5.41) is 1.29. The van der Waals surface area contributed by atoms with Crippen LogP contribution in [0.15, 0.2) is 42.7 Å². The Morgan fingerprint density at radius 1 is 1.17 bits per heavy atom. The molecule has 0 saturated heterocycles. The first kappa shape index (κ1) is 13.3. The van der Waals surface area contributed by atoms with E-state index in [9.17, 15) is 0 Å². The average Bonchev–Trinajstić information content (AvgIpc) is 2.40. The van der Waals surface area contributed by atoms with Crippen molar-refractivity contribution in [3.8, 4) is 0 Å². The third-order valence-corrected chi connectivity index (χ3v) is 3.47. The highest BCUT2D eigenvalue weighted by molar-refractivity contribution is 6.36. The maximum atomic E-state index is 6.15. The van der Waals surface area contributed by atoms with Crippen molar-refractivity contribution in [3.63, 3.8) is 0 Å². The predicted octanol–water partition coefficient (Wildman–Crippen LogP) is 3.14. The number of aromatic nitrogens is 1. The van der Waals surface area contributed by atoms with Gasteiger partial charge in [-0.05, 0) is 35.7 Å². The van der Waals surface area contributed by atoms with Crippen molar-refractivity contribution in [2.24, 2.45) is 5.84 Å². The fourth-order valence-electron chi connectivity index (χ4n) is 1.79. The molecule has 0 amide bonds. The molecule has 0 fully saturated rings. The molecule has 94 valence electrons. The smallest absolute Gasteiger partial charge is 0.0516 e. The average molecular weight is 282 g/mol. The lowest BCUT2D eigenvalue weighted by atomic mass is 10.0. The van der Waals surface area contributed by atoms with E-state index in [1.165, 1.54) is 0 Å². The Kier molecular flexibility index (Phi) is 4.55. The minimum absolute atomic E-state index is 0.0731. The summed E-state index contributed by atoms with van der Waals surface area (Å²) in [7, 11) is 0. The number of nitrogens with two attached hydrogens (primary N) is 1. The normalized spacial score (nSPS) is 12.4. The first-order chi connectivity index (χ1) is 8.72. The fourth-order valence-corrected chi connectivity index (χ4v) is 2.34. The summed E-state index contributed by atoms with van der Waals surface area (Å²) in [6.07, 6.45) is 4.11. The third kappa shape index (κ3) is 3.00. The van der Waals surface area contributed by atoms with Gasteiger partial charge < -0.3 is 0 Å². The fraction of sp³-hybridized carbons (Fsp3) is 0.154. The lowest BCUT2D eigenvalue weighted by molar-refractivity contribution is 0.550. The van der Waals surface area contributed by atoms with E-state index in [4.69, 9.17) is 29.0 Å². The summed E-state index contributed by atoms with van der Waals surface area (Å²) in [4.78, 5) is 4.08. The van der Waals surface area contributed by atoms with Crippen LogP contribution in [0.3, 0.4) is 0 Å². The molecule has 0 saturated carbocycles. The highest BCUT2D eigenvalue weighted by atomic mass is 35.5. The van der Waals surface area contributed by atoms with Crippen molar-refractivity contribution in [2.45, 2.75) is 12.5 Å². The minimum atomic E-state index is -0.0731. The van der Waals surface area contributed by atoms with E-state index in [0.29, 0.717) is 16.5 Å². The lowest BCUT2D eigenvalue weighted by Crippen LogP contribution is -2.29. The minimum Gasteiger partial charge on any atom is -0.271 e. The Labute approximate surface area is 116 Å². The van der Waals surface area contributed by atoms with Crippen LogP contribution >= 0.6 is 23.2 Å². The molecule has 3 nitrogen and oxygen atoms in total.